The van der Waals surface area contributed by atoms with E-state index in [9.17, 15) is 4.79 Å². The van der Waals surface area contributed by atoms with Gasteiger partial charge in [-0.3, -0.25) is 4.99 Å². The molecule has 2 aliphatic rings. The van der Waals surface area contributed by atoms with Crippen LogP contribution >= 0.6 is 0 Å². The highest BCUT2D eigenvalue weighted by Crippen LogP contribution is 2.39. The summed E-state index contributed by atoms with van der Waals surface area (Å²) in [5.74, 6) is 1.19. The Morgan fingerprint density at radius 1 is 1.29 bits per heavy atom. The molecule has 4 heteroatoms. The molecular weight excluding hydrogens is 216 g/mol. The van der Waals surface area contributed by atoms with Crippen LogP contribution in [0.2, 0.25) is 0 Å². The van der Waals surface area contributed by atoms with Crippen LogP contribution in [0.1, 0.15) is 33.6 Å². The van der Waals surface area contributed by atoms with Gasteiger partial charge in [0.2, 0.25) is 0 Å². The van der Waals surface area contributed by atoms with Crippen LogP contribution in [0, 0.1) is 11.8 Å². The molecule has 0 aromatic carbocycles. The number of amides is 1. The van der Waals surface area contributed by atoms with Gasteiger partial charge in [-0.1, -0.05) is 0 Å². The van der Waals surface area contributed by atoms with Crippen molar-refractivity contribution in [2.24, 2.45) is 16.8 Å². The minimum Gasteiger partial charge on any atom is -0.444 e. The number of hydrogen-bond acceptors (Lipinski definition) is 3. The van der Waals surface area contributed by atoms with Gasteiger partial charge in [-0.2, -0.15) is 0 Å². The molecule has 1 amide bonds. The molecule has 0 aromatic heterocycles. The van der Waals surface area contributed by atoms with Gasteiger partial charge in [-0.05, 0) is 52.2 Å². The first kappa shape index (κ1) is 12.4. The van der Waals surface area contributed by atoms with Gasteiger partial charge in [-0.15, -0.1) is 0 Å². The summed E-state index contributed by atoms with van der Waals surface area (Å²) in [5.41, 5.74) is -0.403. The molecule has 4 nitrogen and oxygen atoms in total. The Hall–Kier alpha value is -1.06. The summed E-state index contributed by atoms with van der Waals surface area (Å²) >= 11 is 0. The molecule has 0 N–H and O–H groups in total. The maximum atomic E-state index is 11.9. The normalized spacial score (nSPS) is 32.4. The molecule has 0 aromatic rings. The summed E-state index contributed by atoms with van der Waals surface area (Å²) in [6.07, 6.45) is 1.98. The van der Waals surface area contributed by atoms with Gasteiger partial charge in [0.15, 0.2) is 0 Å². The number of ether oxygens (including phenoxy) is 1. The van der Waals surface area contributed by atoms with Gasteiger partial charge in [-0.25, -0.2) is 4.79 Å². The zero-order valence-corrected chi connectivity index (χ0v) is 11.0. The van der Waals surface area contributed by atoms with Gasteiger partial charge in [0, 0.05) is 19.1 Å². The van der Waals surface area contributed by atoms with Crippen LogP contribution in [0.5, 0.6) is 0 Å². The zero-order chi connectivity index (χ0) is 12.6. The average molecular weight is 238 g/mol. The number of fused-ring (bicyclic) bond motifs is 1. The lowest BCUT2D eigenvalue weighted by atomic mass is 10.0. The number of rotatable bonds is 1. The van der Waals surface area contributed by atoms with Crippen molar-refractivity contribution >= 4 is 12.8 Å². The first-order valence-corrected chi connectivity index (χ1v) is 6.33. The van der Waals surface area contributed by atoms with E-state index < -0.39 is 5.60 Å². The Labute approximate surface area is 103 Å². The SMILES string of the molecule is C=NC1C[C@@H]2CN(C(=O)OC(C)(C)C)C[C@@H]2C1. The predicted octanol–water partition coefficient (Wildman–Crippen LogP) is 2.33. The lowest BCUT2D eigenvalue weighted by Gasteiger charge is -2.25. The van der Waals surface area contributed by atoms with Crippen molar-refractivity contribution in [1.29, 1.82) is 0 Å². The Morgan fingerprint density at radius 2 is 1.82 bits per heavy atom. The summed E-state index contributed by atoms with van der Waals surface area (Å²) in [7, 11) is 0. The van der Waals surface area contributed by atoms with E-state index in [0.29, 0.717) is 17.9 Å². The van der Waals surface area contributed by atoms with Gasteiger partial charge in [0.25, 0.3) is 0 Å². The van der Waals surface area contributed by atoms with Crippen LogP contribution < -0.4 is 0 Å². The van der Waals surface area contributed by atoms with Crippen molar-refractivity contribution in [2.75, 3.05) is 13.1 Å². The number of aliphatic imine (C=N–C) groups is 1. The fourth-order valence-corrected chi connectivity index (χ4v) is 2.89. The number of likely N-dealkylation sites (tertiary alicyclic amines) is 1. The van der Waals surface area contributed by atoms with E-state index in [2.05, 4.69) is 11.7 Å². The largest absolute Gasteiger partial charge is 0.444 e. The topological polar surface area (TPSA) is 41.9 Å². The van der Waals surface area contributed by atoms with Gasteiger partial charge in [0.1, 0.15) is 5.60 Å². The van der Waals surface area contributed by atoms with Gasteiger partial charge >= 0.3 is 6.09 Å². The molecule has 1 aliphatic carbocycles. The summed E-state index contributed by atoms with van der Waals surface area (Å²) < 4.78 is 5.39. The third-order valence-electron chi connectivity index (χ3n) is 3.64. The lowest BCUT2D eigenvalue weighted by molar-refractivity contribution is 0.0279. The number of hydrogen-bond donors (Lipinski definition) is 0. The molecule has 0 spiro atoms. The summed E-state index contributed by atoms with van der Waals surface area (Å²) in [5, 5.41) is 0. The maximum absolute atomic E-state index is 11.9. The Kier molecular flexibility index (Phi) is 3.15. The predicted molar refractivity (Wildman–Crippen MR) is 67.4 cm³/mol. The van der Waals surface area contributed by atoms with Gasteiger partial charge < -0.3 is 9.64 Å². The van der Waals surface area contributed by atoms with E-state index in [1.165, 1.54) is 0 Å². The molecular formula is C13H22N2O2. The van der Waals surface area contributed by atoms with Crippen molar-refractivity contribution in [3.63, 3.8) is 0 Å². The second kappa shape index (κ2) is 4.31. The Bertz CT molecular complexity index is 308. The Morgan fingerprint density at radius 3 is 2.24 bits per heavy atom. The van der Waals surface area contributed by atoms with E-state index in [-0.39, 0.29) is 6.09 Å². The molecule has 1 saturated carbocycles. The monoisotopic (exact) mass is 238 g/mol. The minimum atomic E-state index is -0.403. The minimum absolute atomic E-state index is 0.171. The van der Waals surface area contributed by atoms with Crippen LogP contribution in [-0.4, -0.2) is 42.4 Å². The summed E-state index contributed by atoms with van der Waals surface area (Å²) in [4.78, 5) is 17.9. The molecule has 0 bridgehead atoms. The van der Waals surface area contributed by atoms with Crippen molar-refractivity contribution < 1.29 is 9.53 Å². The molecule has 3 atom stereocenters. The molecule has 17 heavy (non-hydrogen) atoms. The highest BCUT2D eigenvalue weighted by atomic mass is 16.6. The number of nitrogens with zero attached hydrogens (tertiary/aromatic N) is 2. The van der Waals surface area contributed by atoms with Crippen LogP contribution in [0.15, 0.2) is 4.99 Å². The highest BCUT2D eigenvalue weighted by molar-refractivity contribution is 5.68. The smallest absolute Gasteiger partial charge is 0.410 e. The van der Waals surface area contributed by atoms with Crippen LogP contribution in [0.4, 0.5) is 4.79 Å². The van der Waals surface area contributed by atoms with Crippen molar-refractivity contribution in [3.8, 4) is 0 Å². The molecule has 2 fully saturated rings. The maximum Gasteiger partial charge on any atom is 0.410 e. The number of carbonyl (C=O) groups excluding carboxylic acids is 1. The Balaban J connectivity index is 1.88. The molecule has 1 heterocycles. The molecule has 1 saturated heterocycles. The highest BCUT2D eigenvalue weighted by Gasteiger charge is 2.43. The lowest BCUT2D eigenvalue weighted by Crippen LogP contribution is -2.36. The van der Waals surface area contributed by atoms with E-state index >= 15 is 0 Å². The second-order valence-electron chi connectivity index (χ2n) is 6.21. The summed E-state index contributed by atoms with van der Waals surface area (Å²) in [6, 6.07) is 0.408. The third kappa shape index (κ3) is 2.79. The van der Waals surface area contributed by atoms with E-state index in [1.807, 2.05) is 25.7 Å². The summed E-state index contributed by atoms with van der Waals surface area (Å²) in [6.45, 7) is 11.0. The van der Waals surface area contributed by atoms with Crippen LogP contribution in [0.25, 0.3) is 0 Å². The first-order valence-electron chi connectivity index (χ1n) is 6.33. The van der Waals surface area contributed by atoms with Crippen molar-refractivity contribution in [1.82, 2.24) is 4.90 Å². The third-order valence-corrected chi connectivity index (χ3v) is 3.64. The molecule has 96 valence electrons. The van der Waals surface area contributed by atoms with Gasteiger partial charge in [0.05, 0.1) is 0 Å². The van der Waals surface area contributed by atoms with Crippen molar-refractivity contribution in [2.45, 2.75) is 45.3 Å². The molecule has 2 rings (SSSR count). The fourth-order valence-electron chi connectivity index (χ4n) is 2.89. The van der Waals surface area contributed by atoms with E-state index in [4.69, 9.17) is 4.74 Å². The van der Waals surface area contributed by atoms with Crippen LogP contribution in [0.3, 0.4) is 0 Å². The van der Waals surface area contributed by atoms with E-state index in [0.717, 1.165) is 25.9 Å². The number of carbonyl (C=O) groups is 1. The average Bonchev–Trinajstić information content (AvgIpc) is 2.70. The quantitative estimate of drug-likeness (QED) is 0.658. The zero-order valence-electron chi connectivity index (χ0n) is 11.0. The van der Waals surface area contributed by atoms with E-state index in [1.54, 1.807) is 0 Å². The fraction of sp³-hybridized carbons (Fsp3) is 0.846. The second-order valence-corrected chi connectivity index (χ2v) is 6.21. The van der Waals surface area contributed by atoms with Crippen molar-refractivity contribution in [3.05, 3.63) is 0 Å². The standard InChI is InChI=1S/C13H22N2O2/c1-13(2,3)17-12(16)15-7-9-5-11(14-4)6-10(9)8-15/h9-11H,4-8H2,1-3H3/t9-,10+,11?. The first-order chi connectivity index (χ1) is 7.89. The molecule has 1 aliphatic heterocycles. The van der Waals surface area contributed by atoms with Crippen LogP contribution in [-0.2, 0) is 4.74 Å². The molecule has 1 unspecified atom stereocenters. The molecule has 0 radical (unpaired) electrons.